The van der Waals surface area contributed by atoms with Crippen LogP contribution in [-0.2, 0) is 24.3 Å². The third kappa shape index (κ3) is 5.95. The fourth-order valence-corrected chi connectivity index (χ4v) is 4.16. The van der Waals surface area contributed by atoms with Gasteiger partial charge in [-0.3, -0.25) is 9.69 Å². The summed E-state index contributed by atoms with van der Waals surface area (Å²) in [5, 5.41) is 3.01. The molecule has 1 aliphatic heterocycles. The van der Waals surface area contributed by atoms with E-state index in [1.54, 1.807) is 18.2 Å². The van der Waals surface area contributed by atoms with Gasteiger partial charge in [0.1, 0.15) is 5.82 Å². The van der Waals surface area contributed by atoms with Gasteiger partial charge in [-0.1, -0.05) is 60.7 Å². The van der Waals surface area contributed by atoms with Crippen molar-refractivity contribution >= 4 is 11.6 Å². The number of rotatable bonds is 8. The SMILES string of the molecule is O=C(CCc1ccccc1F)NCc1ccccc1CN1CCN(c2ccccc2)CC1. The molecule has 1 N–H and O–H groups in total. The Kier molecular flexibility index (Phi) is 7.51. The van der Waals surface area contributed by atoms with Crippen LogP contribution in [0.3, 0.4) is 0 Å². The summed E-state index contributed by atoms with van der Waals surface area (Å²) in [7, 11) is 0. The van der Waals surface area contributed by atoms with Crippen LogP contribution in [0.4, 0.5) is 10.1 Å². The topological polar surface area (TPSA) is 35.6 Å². The van der Waals surface area contributed by atoms with Crippen LogP contribution < -0.4 is 10.2 Å². The zero-order valence-electron chi connectivity index (χ0n) is 18.3. The molecule has 1 saturated heterocycles. The number of halogens is 1. The van der Waals surface area contributed by atoms with Crippen molar-refractivity contribution in [3.05, 3.63) is 101 Å². The number of piperazine rings is 1. The first-order valence-electron chi connectivity index (χ1n) is 11.3. The molecule has 4 nitrogen and oxygen atoms in total. The second-order valence-corrected chi connectivity index (χ2v) is 8.24. The van der Waals surface area contributed by atoms with Crippen molar-refractivity contribution in [2.75, 3.05) is 31.1 Å². The second kappa shape index (κ2) is 10.9. The number of nitrogens with one attached hydrogen (secondary N) is 1. The molecule has 0 aliphatic carbocycles. The van der Waals surface area contributed by atoms with Gasteiger partial charge < -0.3 is 10.2 Å². The van der Waals surface area contributed by atoms with E-state index in [2.05, 4.69) is 63.6 Å². The molecule has 1 amide bonds. The third-order valence-corrected chi connectivity index (χ3v) is 6.06. The molecule has 5 heteroatoms. The Labute approximate surface area is 189 Å². The van der Waals surface area contributed by atoms with Crippen molar-refractivity contribution in [2.45, 2.75) is 25.9 Å². The number of amides is 1. The largest absolute Gasteiger partial charge is 0.369 e. The Bertz CT molecular complexity index is 1020. The molecule has 0 unspecified atom stereocenters. The molecule has 3 aromatic rings. The first-order valence-corrected chi connectivity index (χ1v) is 11.3. The highest BCUT2D eigenvalue weighted by molar-refractivity contribution is 5.76. The summed E-state index contributed by atoms with van der Waals surface area (Å²) in [6, 6.07) is 25.5. The molecule has 0 saturated carbocycles. The predicted octanol–water partition coefficient (Wildman–Crippen LogP) is 4.40. The first kappa shape index (κ1) is 22.0. The van der Waals surface area contributed by atoms with Crippen molar-refractivity contribution in [3.63, 3.8) is 0 Å². The average Bonchev–Trinajstić information content (AvgIpc) is 2.84. The van der Waals surface area contributed by atoms with Crippen molar-refractivity contribution in [1.29, 1.82) is 0 Å². The predicted molar refractivity (Wildman–Crippen MR) is 127 cm³/mol. The normalized spacial score (nSPS) is 14.3. The summed E-state index contributed by atoms with van der Waals surface area (Å²) in [6.07, 6.45) is 0.691. The quantitative estimate of drug-likeness (QED) is 0.574. The summed E-state index contributed by atoms with van der Waals surface area (Å²) in [6.45, 7) is 5.43. The van der Waals surface area contributed by atoms with E-state index in [-0.39, 0.29) is 18.1 Å². The Morgan fingerprint density at radius 2 is 1.41 bits per heavy atom. The van der Waals surface area contributed by atoms with Gasteiger partial charge in [-0.2, -0.15) is 0 Å². The average molecular weight is 432 g/mol. The summed E-state index contributed by atoms with van der Waals surface area (Å²) < 4.78 is 13.7. The first-order chi connectivity index (χ1) is 15.7. The highest BCUT2D eigenvalue weighted by Crippen LogP contribution is 2.18. The zero-order valence-corrected chi connectivity index (χ0v) is 18.3. The van der Waals surface area contributed by atoms with Crippen LogP contribution in [0.5, 0.6) is 0 Å². The third-order valence-electron chi connectivity index (χ3n) is 6.06. The minimum absolute atomic E-state index is 0.0560. The minimum atomic E-state index is -0.252. The van der Waals surface area contributed by atoms with Gasteiger partial charge in [0.15, 0.2) is 0 Å². The molecule has 4 rings (SSSR count). The molecule has 0 aromatic heterocycles. The Morgan fingerprint density at radius 1 is 0.781 bits per heavy atom. The molecular formula is C27H30FN3O. The molecule has 3 aromatic carbocycles. The molecular weight excluding hydrogens is 401 g/mol. The van der Waals surface area contributed by atoms with Crippen LogP contribution in [-0.4, -0.2) is 37.0 Å². The highest BCUT2D eigenvalue weighted by atomic mass is 19.1. The molecule has 166 valence electrons. The van der Waals surface area contributed by atoms with E-state index in [0.717, 1.165) is 38.3 Å². The zero-order chi connectivity index (χ0) is 22.2. The lowest BCUT2D eigenvalue weighted by Gasteiger charge is -2.36. The fraction of sp³-hybridized carbons (Fsp3) is 0.296. The van der Waals surface area contributed by atoms with Gasteiger partial charge in [0.2, 0.25) is 5.91 Å². The lowest BCUT2D eigenvalue weighted by Crippen LogP contribution is -2.46. The van der Waals surface area contributed by atoms with Gasteiger partial charge in [-0.15, -0.1) is 0 Å². The number of hydrogen-bond acceptors (Lipinski definition) is 3. The fourth-order valence-electron chi connectivity index (χ4n) is 4.16. The number of aryl methyl sites for hydroxylation is 1. The molecule has 0 spiro atoms. The van der Waals surface area contributed by atoms with Gasteiger partial charge in [-0.05, 0) is 41.3 Å². The van der Waals surface area contributed by atoms with Crippen LogP contribution in [0.1, 0.15) is 23.1 Å². The molecule has 0 atom stereocenters. The summed E-state index contributed by atoms with van der Waals surface area (Å²) in [4.78, 5) is 17.2. The Morgan fingerprint density at radius 3 is 2.12 bits per heavy atom. The number of carbonyl (C=O) groups is 1. The molecule has 0 radical (unpaired) electrons. The number of benzene rings is 3. The number of nitrogens with zero attached hydrogens (tertiary/aromatic N) is 2. The van der Waals surface area contributed by atoms with Gasteiger partial charge in [-0.25, -0.2) is 4.39 Å². The summed E-state index contributed by atoms with van der Waals surface area (Å²) >= 11 is 0. The van der Waals surface area contributed by atoms with Crippen molar-refractivity contribution in [2.24, 2.45) is 0 Å². The maximum absolute atomic E-state index is 13.7. The van der Waals surface area contributed by atoms with Crippen LogP contribution in [0, 0.1) is 5.82 Å². The van der Waals surface area contributed by atoms with Crippen LogP contribution in [0.15, 0.2) is 78.9 Å². The van der Waals surface area contributed by atoms with Crippen LogP contribution >= 0.6 is 0 Å². The smallest absolute Gasteiger partial charge is 0.220 e. The number of anilines is 1. The molecule has 32 heavy (non-hydrogen) atoms. The highest BCUT2D eigenvalue weighted by Gasteiger charge is 2.18. The molecule has 0 bridgehead atoms. The van der Waals surface area contributed by atoms with E-state index in [4.69, 9.17) is 0 Å². The monoisotopic (exact) mass is 431 g/mol. The number of carbonyl (C=O) groups excluding carboxylic acids is 1. The molecule has 1 heterocycles. The summed E-state index contributed by atoms with van der Waals surface area (Å²) in [5.74, 6) is -0.308. The van der Waals surface area contributed by atoms with Crippen LogP contribution in [0.25, 0.3) is 0 Å². The van der Waals surface area contributed by atoms with Crippen molar-refractivity contribution in [1.82, 2.24) is 10.2 Å². The minimum Gasteiger partial charge on any atom is -0.369 e. The van der Waals surface area contributed by atoms with Gasteiger partial charge in [0.05, 0.1) is 0 Å². The van der Waals surface area contributed by atoms with Crippen molar-refractivity contribution in [3.8, 4) is 0 Å². The summed E-state index contributed by atoms with van der Waals surface area (Å²) in [5.41, 5.74) is 4.25. The lowest BCUT2D eigenvalue weighted by atomic mass is 10.1. The second-order valence-electron chi connectivity index (χ2n) is 8.24. The maximum atomic E-state index is 13.7. The standard InChI is InChI=1S/C27H30FN3O/c28-26-13-7-6-8-22(26)14-15-27(32)29-20-23-9-4-5-10-24(23)21-30-16-18-31(19-17-30)25-11-2-1-3-12-25/h1-13H,14-21H2,(H,29,32). The number of para-hydroxylation sites is 1. The molecule has 1 fully saturated rings. The van der Waals surface area contributed by atoms with Gasteiger partial charge in [0.25, 0.3) is 0 Å². The lowest BCUT2D eigenvalue weighted by molar-refractivity contribution is -0.121. The Hall–Kier alpha value is -3.18. The van der Waals surface area contributed by atoms with Crippen LogP contribution in [0.2, 0.25) is 0 Å². The van der Waals surface area contributed by atoms with E-state index in [1.165, 1.54) is 17.3 Å². The van der Waals surface area contributed by atoms with E-state index in [9.17, 15) is 9.18 Å². The van der Waals surface area contributed by atoms with Gasteiger partial charge in [0, 0.05) is 51.4 Å². The van der Waals surface area contributed by atoms with Crippen molar-refractivity contribution < 1.29 is 9.18 Å². The number of hydrogen-bond donors (Lipinski definition) is 1. The van der Waals surface area contributed by atoms with Gasteiger partial charge >= 0.3 is 0 Å². The maximum Gasteiger partial charge on any atom is 0.220 e. The van der Waals surface area contributed by atoms with E-state index < -0.39 is 0 Å². The van der Waals surface area contributed by atoms with E-state index in [0.29, 0.717) is 18.5 Å². The molecule has 1 aliphatic rings. The Balaban J connectivity index is 1.27. The van der Waals surface area contributed by atoms with E-state index >= 15 is 0 Å². The van der Waals surface area contributed by atoms with E-state index in [1.807, 2.05) is 6.07 Å².